The van der Waals surface area contributed by atoms with Crippen molar-refractivity contribution in [3.8, 4) is 5.75 Å². The van der Waals surface area contributed by atoms with Gasteiger partial charge in [-0.25, -0.2) is 4.79 Å². The molecule has 2 aliphatic rings. The van der Waals surface area contributed by atoms with Crippen LogP contribution in [0, 0.1) is 5.92 Å². The van der Waals surface area contributed by atoms with Crippen LogP contribution in [0.3, 0.4) is 0 Å². The van der Waals surface area contributed by atoms with Crippen molar-refractivity contribution in [1.82, 2.24) is 4.90 Å². The van der Waals surface area contributed by atoms with Crippen molar-refractivity contribution in [3.63, 3.8) is 0 Å². The number of urea groups is 1. The van der Waals surface area contributed by atoms with Gasteiger partial charge in [0, 0.05) is 30.8 Å². The summed E-state index contributed by atoms with van der Waals surface area (Å²) in [5.74, 6) is -0.444. The Kier molecular flexibility index (Phi) is 3.92. The summed E-state index contributed by atoms with van der Waals surface area (Å²) < 4.78 is 5.82. The van der Waals surface area contributed by atoms with E-state index in [1.54, 1.807) is 4.90 Å². The lowest BCUT2D eigenvalue weighted by atomic mass is 9.99. The number of carboxylic acid groups (broad SMARTS) is 1. The van der Waals surface area contributed by atoms with E-state index in [1.165, 1.54) is 0 Å². The van der Waals surface area contributed by atoms with Gasteiger partial charge in [0.25, 0.3) is 0 Å². The van der Waals surface area contributed by atoms with Crippen LogP contribution in [-0.2, 0) is 11.2 Å². The Morgan fingerprint density at radius 3 is 2.91 bits per heavy atom. The number of carbonyl (C=O) groups excluding carboxylic acids is 1. The second-order valence-electron chi connectivity index (χ2n) is 6.91. The number of hydrogen-bond donors (Lipinski definition) is 2. The normalized spacial score (nSPS) is 22.2. The van der Waals surface area contributed by atoms with Crippen LogP contribution in [0.5, 0.6) is 5.75 Å². The first-order valence-corrected chi connectivity index (χ1v) is 7.95. The van der Waals surface area contributed by atoms with Crippen LogP contribution >= 0.6 is 0 Å². The van der Waals surface area contributed by atoms with Gasteiger partial charge in [0.2, 0.25) is 0 Å². The molecule has 0 spiro atoms. The van der Waals surface area contributed by atoms with E-state index in [1.807, 2.05) is 32.0 Å². The lowest BCUT2D eigenvalue weighted by Crippen LogP contribution is -2.44. The lowest BCUT2D eigenvalue weighted by Gasteiger charge is -2.30. The molecule has 1 fully saturated rings. The van der Waals surface area contributed by atoms with E-state index in [9.17, 15) is 9.59 Å². The number of aliphatic carboxylic acids is 1. The highest BCUT2D eigenvalue weighted by Gasteiger charge is 2.31. The Hall–Kier alpha value is -2.24. The molecule has 0 radical (unpaired) electrons. The first kappa shape index (κ1) is 15.6. The van der Waals surface area contributed by atoms with Crippen molar-refractivity contribution in [3.05, 3.63) is 23.8 Å². The standard InChI is InChI=1S/C17H22N2O4/c1-17(2)9-12-8-13(5-6-14(12)23-17)18-16(22)19-7-3-4-11(10-19)15(20)21/h5-6,8,11H,3-4,7,9-10H2,1-2H3,(H,18,22)(H,20,21). The Morgan fingerprint density at radius 1 is 1.39 bits per heavy atom. The number of likely N-dealkylation sites (tertiary alicyclic amines) is 1. The summed E-state index contributed by atoms with van der Waals surface area (Å²) in [5.41, 5.74) is 1.58. The molecule has 0 aliphatic carbocycles. The van der Waals surface area contributed by atoms with Gasteiger partial charge >= 0.3 is 12.0 Å². The number of anilines is 1. The number of rotatable bonds is 2. The average Bonchev–Trinajstić information content (AvgIpc) is 2.80. The number of piperidine rings is 1. The van der Waals surface area contributed by atoms with Crippen LogP contribution in [0.25, 0.3) is 0 Å². The summed E-state index contributed by atoms with van der Waals surface area (Å²) in [5, 5.41) is 12.0. The highest BCUT2D eigenvalue weighted by Crippen LogP contribution is 2.36. The molecule has 0 saturated carbocycles. The second-order valence-corrected chi connectivity index (χ2v) is 6.91. The first-order chi connectivity index (χ1) is 10.8. The molecule has 2 amide bonds. The van der Waals surface area contributed by atoms with Crippen molar-refractivity contribution in [2.75, 3.05) is 18.4 Å². The highest BCUT2D eigenvalue weighted by molar-refractivity contribution is 5.90. The van der Waals surface area contributed by atoms with E-state index in [2.05, 4.69) is 5.32 Å². The fourth-order valence-corrected chi connectivity index (χ4v) is 3.25. The topological polar surface area (TPSA) is 78.9 Å². The van der Waals surface area contributed by atoms with Crippen molar-refractivity contribution in [2.24, 2.45) is 5.92 Å². The molecule has 23 heavy (non-hydrogen) atoms. The van der Waals surface area contributed by atoms with Gasteiger partial charge in [-0.2, -0.15) is 0 Å². The minimum Gasteiger partial charge on any atom is -0.487 e. The lowest BCUT2D eigenvalue weighted by molar-refractivity contribution is -0.143. The van der Waals surface area contributed by atoms with Crippen LogP contribution in [0.4, 0.5) is 10.5 Å². The van der Waals surface area contributed by atoms with Gasteiger partial charge in [-0.1, -0.05) is 0 Å². The number of nitrogens with one attached hydrogen (secondary N) is 1. The average molecular weight is 318 g/mol. The van der Waals surface area contributed by atoms with E-state index < -0.39 is 11.9 Å². The zero-order valence-corrected chi connectivity index (χ0v) is 13.5. The summed E-state index contributed by atoms with van der Waals surface area (Å²) in [7, 11) is 0. The largest absolute Gasteiger partial charge is 0.487 e. The second kappa shape index (κ2) is 5.76. The minimum absolute atomic E-state index is 0.216. The molecule has 2 N–H and O–H groups in total. The summed E-state index contributed by atoms with van der Waals surface area (Å²) in [6.07, 6.45) is 2.15. The smallest absolute Gasteiger partial charge is 0.321 e. The van der Waals surface area contributed by atoms with Crippen molar-refractivity contribution in [1.29, 1.82) is 0 Å². The van der Waals surface area contributed by atoms with Crippen LogP contribution < -0.4 is 10.1 Å². The molecule has 3 rings (SSSR count). The van der Waals surface area contributed by atoms with Crippen molar-refractivity contribution in [2.45, 2.75) is 38.7 Å². The molecule has 1 aromatic carbocycles. The van der Waals surface area contributed by atoms with E-state index >= 15 is 0 Å². The Morgan fingerprint density at radius 2 is 2.17 bits per heavy atom. The van der Waals surface area contributed by atoms with E-state index in [4.69, 9.17) is 9.84 Å². The number of nitrogens with zero attached hydrogens (tertiary/aromatic N) is 1. The molecule has 6 heteroatoms. The van der Waals surface area contributed by atoms with Crippen LogP contribution in [0.2, 0.25) is 0 Å². The summed E-state index contributed by atoms with van der Waals surface area (Å²) in [4.78, 5) is 25.0. The molecule has 6 nitrogen and oxygen atoms in total. The van der Waals surface area contributed by atoms with Gasteiger partial charge in [0.15, 0.2) is 0 Å². The van der Waals surface area contributed by atoms with Crippen LogP contribution in [0.1, 0.15) is 32.3 Å². The predicted molar refractivity (Wildman–Crippen MR) is 85.8 cm³/mol. The van der Waals surface area contributed by atoms with Gasteiger partial charge in [-0.15, -0.1) is 0 Å². The van der Waals surface area contributed by atoms with E-state index in [0.717, 1.165) is 24.2 Å². The third kappa shape index (κ3) is 3.41. The van der Waals surface area contributed by atoms with Crippen molar-refractivity contribution < 1.29 is 19.4 Å². The van der Waals surface area contributed by atoms with E-state index in [-0.39, 0.29) is 18.2 Å². The Labute approximate surface area is 135 Å². The fourth-order valence-electron chi connectivity index (χ4n) is 3.25. The third-order valence-corrected chi connectivity index (χ3v) is 4.37. The van der Waals surface area contributed by atoms with Crippen LogP contribution in [0.15, 0.2) is 18.2 Å². The van der Waals surface area contributed by atoms with Gasteiger partial charge in [0.05, 0.1) is 5.92 Å². The van der Waals surface area contributed by atoms with Crippen molar-refractivity contribution >= 4 is 17.7 Å². The Balaban J connectivity index is 1.66. The molecular formula is C17H22N2O4. The number of benzene rings is 1. The molecule has 1 saturated heterocycles. The quantitative estimate of drug-likeness (QED) is 0.879. The summed E-state index contributed by atoms with van der Waals surface area (Å²) >= 11 is 0. The SMILES string of the molecule is CC1(C)Cc2cc(NC(=O)N3CCCC(C(=O)O)C3)ccc2O1. The third-order valence-electron chi connectivity index (χ3n) is 4.37. The number of fused-ring (bicyclic) bond motifs is 1. The van der Waals surface area contributed by atoms with Gasteiger partial charge < -0.3 is 20.1 Å². The molecule has 1 atom stereocenters. The number of carbonyl (C=O) groups is 2. The Bertz CT molecular complexity index is 641. The van der Waals surface area contributed by atoms with Crippen LogP contribution in [-0.4, -0.2) is 40.7 Å². The summed E-state index contributed by atoms with van der Waals surface area (Å²) in [6.45, 7) is 4.93. The number of ether oxygens (including phenoxy) is 1. The maximum atomic E-state index is 12.4. The molecule has 1 aromatic rings. The number of carboxylic acids is 1. The van der Waals surface area contributed by atoms with Gasteiger partial charge in [0.1, 0.15) is 11.4 Å². The molecule has 1 unspecified atom stereocenters. The molecule has 2 heterocycles. The molecule has 2 aliphatic heterocycles. The zero-order valence-electron chi connectivity index (χ0n) is 13.5. The highest BCUT2D eigenvalue weighted by atomic mass is 16.5. The summed E-state index contributed by atoms with van der Waals surface area (Å²) in [6, 6.07) is 5.38. The number of hydrogen-bond acceptors (Lipinski definition) is 3. The fraction of sp³-hybridized carbons (Fsp3) is 0.529. The van der Waals surface area contributed by atoms with Gasteiger partial charge in [-0.05, 0) is 44.9 Å². The van der Waals surface area contributed by atoms with Gasteiger partial charge in [-0.3, -0.25) is 4.79 Å². The minimum atomic E-state index is -0.834. The number of amides is 2. The maximum Gasteiger partial charge on any atom is 0.321 e. The zero-order chi connectivity index (χ0) is 16.6. The monoisotopic (exact) mass is 318 g/mol. The molecule has 124 valence electrons. The van der Waals surface area contributed by atoms with E-state index in [0.29, 0.717) is 18.7 Å². The molecule has 0 aromatic heterocycles. The molecular weight excluding hydrogens is 296 g/mol. The molecule has 0 bridgehead atoms. The first-order valence-electron chi connectivity index (χ1n) is 7.95. The predicted octanol–water partition coefficient (Wildman–Crippen LogP) is 2.73. The maximum absolute atomic E-state index is 12.4.